The first-order valence-electron chi connectivity index (χ1n) is 17.5. The van der Waals surface area contributed by atoms with Gasteiger partial charge in [0, 0.05) is 44.2 Å². The van der Waals surface area contributed by atoms with Crippen molar-refractivity contribution in [2.24, 2.45) is 5.92 Å². The lowest BCUT2D eigenvalue weighted by atomic mass is 9.89. The highest BCUT2D eigenvalue weighted by Crippen LogP contribution is 2.42. The fourth-order valence-corrected chi connectivity index (χ4v) is 6.58. The third-order valence-electron chi connectivity index (χ3n) is 9.27. The minimum absolute atomic E-state index is 0.000355. The maximum atomic E-state index is 12.0. The van der Waals surface area contributed by atoms with E-state index in [0.29, 0.717) is 13.1 Å². The predicted octanol–water partition coefficient (Wildman–Crippen LogP) is 8.16. The normalized spacial score (nSPS) is 18.9. The van der Waals surface area contributed by atoms with Crippen LogP contribution >= 0.6 is 0 Å². The molecular formula is C43H47N3O4. The Kier molecular flexibility index (Phi) is 12.1. The number of benzene rings is 5. The molecule has 0 radical (unpaired) electrons. The molecule has 0 spiro atoms. The Morgan fingerprint density at radius 3 is 1.94 bits per heavy atom. The molecule has 5 aromatic rings. The number of hydrogen-bond acceptors (Lipinski definition) is 5. The third kappa shape index (κ3) is 9.25. The predicted molar refractivity (Wildman–Crippen MR) is 198 cm³/mol. The van der Waals surface area contributed by atoms with Gasteiger partial charge in [-0.05, 0) is 58.0 Å². The second kappa shape index (κ2) is 17.2. The monoisotopic (exact) mass is 669 g/mol. The van der Waals surface area contributed by atoms with Gasteiger partial charge >= 0.3 is 6.03 Å². The third-order valence-corrected chi connectivity index (χ3v) is 9.27. The number of carbonyl (C=O) groups is 1. The Morgan fingerprint density at radius 2 is 1.30 bits per heavy atom. The van der Waals surface area contributed by atoms with Gasteiger partial charge in [0.25, 0.3) is 0 Å². The largest absolute Gasteiger partial charge is 0.392 e. The van der Waals surface area contributed by atoms with Crippen molar-refractivity contribution in [2.45, 2.75) is 58.6 Å². The van der Waals surface area contributed by atoms with Crippen LogP contribution in [0.5, 0.6) is 0 Å². The Labute approximate surface area is 295 Å². The van der Waals surface area contributed by atoms with Gasteiger partial charge < -0.3 is 25.2 Å². The number of hydrogen-bond donors (Lipinski definition) is 3. The van der Waals surface area contributed by atoms with Crippen LogP contribution in [0, 0.1) is 5.92 Å². The van der Waals surface area contributed by atoms with E-state index in [1.807, 2.05) is 37.3 Å². The molecule has 1 fully saturated rings. The summed E-state index contributed by atoms with van der Waals surface area (Å²) in [5, 5.41) is 15.4. The lowest BCUT2D eigenvalue weighted by molar-refractivity contribution is -0.276. The van der Waals surface area contributed by atoms with Crippen molar-refractivity contribution in [3.63, 3.8) is 0 Å². The second-order valence-corrected chi connectivity index (χ2v) is 13.0. The zero-order valence-electron chi connectivity index (χ0n) is 28.9. The summed E-state index contributed by atoms with van der Waals surface area (Å²) in [6.07, 6.45) is -0.929. The summed E-state index contributed by atoms with van der Waals surface area (Å²) in [5.74, 6) is 0.0533. The molecule has 7 nitrogen and oxygen atoms in total. The zero-order valence-corrected chi connectivity index (χ0v) is 28.9. The Balaban J connectivity index is 1.28. The summed E-state index contributed by atoms with van der Waals surface area (Å²) in [6.45, 7) is 7.44. The number of carbonyl (C=O) groups excluding carboxylic acids is 1. The van der Waals surface area contributed by atoms with Gasteiger partial charge in [0.2, 0.25) is 0 Å². The summed E-state index contributed by atoms with van der Waals surface area (Å²) in [4.78, 5) is 14.5. The Bertz CT molecular complexity index is 1760. The van der Waals surface area contributed by atoms with Crippen molar-refractivity contribution < 1.29 is 19.4 Å². The molecule has 1 aliphatic heterocycles. The summed E-state index contributed by atoms with van der Waals surface area (Å²) >= 11 is 0. The summed E-state index contributed by atoms with van der Waals surface area (Å²) in [5.41, 5.74) is 8.50. The van der Waals surface area contributed by atoms with Gasteiger partial charge in [0.1, 0.15) is 0 Å². The van der Waals surface area contributed by atoms with E-state index in [4.69, 9.17) is 9.47 Å². The minimum Gasteiger partial charge on any atom is -0.392 e. The highest BCUT2D eigenvalue weighted by molar-refractivity contribution is 5.74. The highest BCUT2D eigenvalue weighted by atomic mass is 16.7. The van der Waals surface area contributed by atoms with Crippen LogP contribution in [0.4, 0.5) is 4.79 Å². The first kappa shape index (κ1) is 35.1. The van der Waals surface area contributed by atoms with Gasteiger partial charge in [0.15, 0.2) is 6.29 Å². The van der Waals surface area contributed by atoms with Crippen molar-refractivity contribution in [2.75, 3.05) is 13.1 Å². The molecule has 0 unspecified atom stereocenters. The number of ether oxygens (including phenoxy) is 2. The molecule has 1 heterocycles. The van der Waals surface area contributed by atoms with E-state index in [1.54, 1.807) is 0 Å². The molecule has 3 N–H and O–H groups in total. The van der Waals surface area contributed by atoms with Crippen LogP contribution in [-0.2, 0) is 35.7 Å². The topological polar surface area (TPSA) is 83.1 Å². The summed E-state index contributed by atoms with van der Waals surface area (Å²) < 4.78 is 13.8. The van der Waals surface area contributed by atoms with Crippen LogP contribution in [0.15, 0.2) is 133 Å². The molecule has 2 amide bonds. The average molecular weight is 670 g/mol. The molecule has 0 aromatic heterocycles. The smallest absolute Gasteiger partial charge is 0.315 e. The van der Waals surface area contributed by atoms with E-state index in [-0.39, 0.29) is 30.8 Å². The molecule has 1 saturated heterocycles. The molecule has 4 atom stereocenters. The Hall–Kier alpha value is -4.79. The van der Waals surface area contributed by atoms with Crippen molar-refractivity contribution in [3.8, 4) is 11.1 Å². The molecule has 0 saturated carbocycles. The van der Waals surface area contributed by atoms with Crippen LogP contribution in [0.1, 0.15) is 59.6 Å². The van der Waals surface area contributed by atoms with Gasteiger partial charge in [-0.1, -0.05) is 128 Å². The van der Waals surface area contributed by atoms with E-state index >= 15 is 0 Å². The summed E-state index contributed by atoms with van der Waals surface area (Å²) in [6, 6.07) is 45.6. The van der Waals surface area contributed by atoms with Crippen LogP contribution in [0.3, 0.4) is 0 Å². The molecule has 258 valence electrons. The number of rotatable bonds is 13. The van der Waals surface area contributed by atoms with Crippen LogP contribution in [0.2, 0.25) is 0 Å². The zero-order chi connectivity index (χ0) is 34.7. The quantitative estimate of drug-likeness (QED) is 0.118. The number of nitrogens with zero attached hydrogens (tertiary/aromatic N) is 1. The summed E-state index contributed by atoms with van der Waals surface area (Å²) in [7, 11) is 0. The maximum Gasteiger partial charge on any atom is 0.315 e. The van der Waals surface area contributed by atoms with E-state index in [9.17, 15) is 9.90 Å². The molecule has 0 aliphatic carbocycles. The van der Waals surface area contributed by atoms with Gasteiger partial charge in [-0.15, -0.1) is 0 Å². The fourth-order valence-electron chi connectivity index (χ4n) is 6.58. The van der Waals surface area contributed by atoms with E-state index < -0.39 is 6.29 Å². The van der Waals surface area contributed by atoms with Crippen LogP contribution < -0.4 is 10.6 Å². The van der Waals surface area contributed by atoms with E-state index in [2.05, 4.69) is 126 Å². The standard InChI is InChI=1S/C43H47N3O4/c1-3-44-43(48)45-26-35-16-10-17-37(24-35)38-18-11-19-39(25-38)42-49-40(31(2)41(50-42)36-22-20-34(30-47)21-23-36)29-46(27-32-12-6-4-7-13-32)28-33-14-8-5-9-15-33/h4-25,31,40-42,47H,3,26-30H2,1-2H3,(H2,44,45,48)/t31-,40+,41+,42+/m1/s1. The second-order valence-electron chi connectivity index (χ2n) is 13.0. The molecule has 7 heteroatoms. The van der Waals surface area contributed by atoms with Gasteiger partial charge in [-0.3, -0.25) is 4.90 Å². The van der Waals surface area contributed by atoms with E-state index in [1.165, 1.54) is 11.1 Å². The van der Waals surface area contributed by atoms with Gasteiger partial charge in [0.05, 0.1) is 18.8 Å². The maximum absolute atomic E-state index is 12.0. The molecule has 5 aromatic carbocycles. The van der Waals surface area contributed by atoms with Crippen molar-refractivity contribution in [1.82, 2.24) is 15.5 Å². The minimum atomic E-state index is -0.587. The van der Waals surface area contributed by atoms with Crippen molar-refractivity contribution >= 4 is 6.03 Å². The Morgan fingerprint density at radius 1 is 0.680 bits per heavy atom. The number of amides is 2. The highest BCUT2D eigenvalue weighted by Gasteiger charge is 2.39. The van der Waals surface area contributed by atoms with Crippen molar-refractivity contribution in [3.05, 3.63) is 167 Å². The number of aliphatic hydroxyl groups excluding tert-OH is 1. The molecule has 1 aliphatic rings. The molecule has 0 bridgehead atoms. The SMILES string of the molecule is CCNC(=O)NCc1cccc(-c2cccc([C@H]3O[C@@H](CN(Cc4ccccc4)Cc4ccccc4)[C@@H](C)[C@@H](c4ccc(CO)cc4)O3)c2)c1. The van der Waals surface area contributed by atoms with Gasteiger partial charge in [-0.2, -0.15) is 0 Å². The molecule has 6 rings (SSSR count). The lowest BCUT2D eigenvalue weighted by Gasteiger charge is -2.43. The fraction of sp³-hybridized carbons (Fsp3) is 0.279. The molecular weight excluding hydrogens is 622 g/mol. The first-order chi connectivity index (χ1) is 24.5. The number of aliphatic hydroxyl groups is 1. The van der Waals surface area contributed by atoms with Crippen LogP contribution in [0.25, 0.3) is 11.1 Å². The first-order valence-corrected chi connectivity index (χ1v) is 17.5. The van der Waals surface area contributed by atoms with Crippen LogP contribution in [-0.4, -0.2) is 35.2 Å². The lowest BCUT2D eigenvalue weighted by Crippen LogP contribution is -2.44. The van der Waals surface area contributed by atoms with E-state index in [0.717, 1.165) is 53.0 Å². The van der Waals surface area contributed by atoms with Gasteiger partial charge in [-0.25, -0.2) is 4.79 Å². The molecule has 50 heavy (non-hydrogen) atoms. The number of urea groups is 1. The van der Waals surface area contributed by atoms with Crippen molar-refractivity contribution in [1.29, 1.82) is 0 Å². The number of nitrogens with one attached hydrogen (secondary N) is 2. The average Bonchev–Trinajstić information content (AvgIpc) is 3.16.